The van der Waals surface area contributed by atoms with Crippen molar-refractivity contribution in [2.45, 2.75) is 13.0 Å². The van der Waals surface area contributed by atoms with Crippen LogP contribution in [0.15, 0.2) is 66.7 Å². The predicted molar refractivity (Wildman–Crippen MR) is 110 cm³/mol. The summed E-state index contributed by atoms with van der Waals surface area (Å²) >= 11 is 0. The number of nitrogens with zero attached hydrogens (tertiary/aromatic N) is 3. The number of fused-ring (bicyclic) bond motifs is 1. The summed E-state index contributed by atoms with van der Waals surface area (Å²) in [5, 5.41) is 11.2. The Morgan fingerprint density at radius 3 is 2.53 bits per heavy atom. The average Bonchev–Trinajstić information content (AvgIpc) is 2.76. The van der Waals surface area contributed by atoms with Gasteiger partial charge in [0.05, 0.1) is 6.54 Å². The molecule has 1 amide bonds. The Labute approximate surface area is 172 Å². The summed E-state index contributed by atoms with van der Waals surface area (Å²) in [5.74, 6) is 0.397. The number of hydrogen-bond acceptors (Lipinski definition) is 6. The first-order chi connectivity index (χ1) is 14.5. The Kier molecular flexibility index (Phi) is 5.30. The van der Waals surface area contributed by atoms with E-state index in [0.29, 0.717) is 17.1 Å². The van der Waals surface area contributed by atoms with Crippen LogP contribution in [-0.4, -0.2) is 29.0 Å². The van der Waals surface area contributed by atoms with E-state index in [4.69, 9.17) is 9.47 Å². The van der Waals surface area contributed by atoms with E-state index in [9.17, 15) is 14.9 Å². The molecule has 1 aromatic heterocycles. The minimum absolute atomic E-state index is 0.119. The molecule has 0 N–H and O–H groups in total. The predicted octanol–water partition coefficient (Wildman–Crippen LogP) is 3.84. The second-order valence-corrected chi connectivity index (χ2v) is 6.81. The van der Waals surface area contributed by atoms with Gasteiger partial charge < -0.3 is 19.6 Å². The fourth-order valence-corrected chi connectivity index (χ4v) is 3.18. The quantitative estimate of drug-likeness (QED) is 0.457. The second kappa shape index (κ2) is 8.20. The molecular weight excluding hydrogens is 386 g/mol. The summed E-state index contributed by atoms with van der Waals surface area (Å²) in [6.45, 7) is 2.34. The number of anilines is 1. The van der Waals surface area contributed by atoms with Crippen LogP contribution in [0.1, 0.15) is 17.2 Å². The van der Waals surface area contributed by atoms with Gasteiger partial charge in [-0.05, 0) is 35.0 Å². The molecule has 0 aliphatic carbocycles. The molecule has 1 unspecified atom stereocenters. The van der Waals surface area contributed by atoms with Gasteiger partial charge in [-0.3, -0.25) is 9.69 Å². The van der Waals surface area contributed by atoms with Crippen LogP contribution in [-0.2, 0) is 4.79 Å². The van der Waals surface area contributed by atoms with Crippen LogP contribution in [0, 0.1) is 17.0 Å². The van der Waals surface area contributed by atoms with Crippen molar-refractivity contribution in [3.05, 3.63) is 88.0 Å². The summed E-state index contributed by atoms with van der Waals surface area (Å²) in [6.07, 6.45) is -0.860. The summed E-state index contributed by atoms with van der Waals surface area (Å²) in [4.78, 5) is 29.2. The van der Waals surface area contributed by atoms with Gasteiger partial charge in [-0.25, -0.2) is 0 Å². The summed E-state index contributed by atoms with van der Waals surface area (Å²) in [6, 6.07) is 19.4. The van der Waals surface area contributed by atoms with Gasteiger partial charge in [0.25, 0.3) is 11.7 Å². The van der Waals surface area contributed by atoms with E-state index >= 15 is 0 Å². The molecule has 152 valence electrons. The van der Waals surface area contributed by atoms with Crippen LogP contribution in [0.2, 0.25) is 0 Å². The number of pyridine rings is 1. The monoisotopic (exact) mass is 405 g/mol. The standard InChI is InChI=1S/C22H19N3O5/c1-15-7-9-17(10-8-15)29-14-13-24-21-18(11-12-19(23-21)25(27)28)30-20(22(24)26)16-5-3-2-4-6-16/h2-12,20H,13-14H2,1H3. The summed E-state index contributed by atoms with van der Waals surface area (Å²) in [5.41, 5.74) is 1.80. The highest BCUT2D eigenvalue weighted by molar-refractivity contribution is 5.99. The largest absolute Gasteiger partial charge is 0.492 e. The summed E-state index contributed by atoms with van der Waals surface area (Å²) in [7, 11) is 0. The molecule has 0 fully saturated rings. The van der Waals surface area contributed by atoms with E-state index in [0.717, 1.165) is 5.56 Å². The van der Waals surface area contributed by atoms with E-state index in [1.54, 1.807) is 12.1 Å². The topological polar surface area (TPSA) is 94.8 Å². The van der Waals surface area contributed by atoms with E-state index < -0.39 is 11.0 Å². The Balaban J connectivity index is 1.61. The van der Waals surface area contributed by atoms with Crippen molar-refractivity contribution >= 4 is 17.5 Å². The maximum absolute atomic E-state index is 13.2. The highest BCUT2D eigenvalue weighted by atomic mass is 16.6. The zero-order valence-corrected chi connectivity index (χ0v) is 16.2. The molecule has 2 aromatic carbocycles. The lowest BCUT2D eigenvalue weighted by Gasteiger charge is -2.31. The van der Waals surface area contributed by atoms with Crippen LogP contribution in [0.4, 0.5) is 11.6 Å². The van der Waals surface area contributed by atoms with Crippen molar-refractivity contribution < 1.29 is 19.2 Å². The van der Waals surface area contributed by atoms with E-state index in [1.807, 2.05) is 49.4 Å². The average molecular weight is 405 g/mol. The highest BCUT2D eigenvalue weighted by Crippen LogP contribution is 2.38. The summed E-state index contributed by atoms with van der Waals surface area (Å²) < 4.78 is 11.6. The maximum Gasteiger partial charge on any atom is 0.366 e. The molecule has 0 saturated heterocycles. The van der Waals surface area contributed by atoms with Gasteiger partial charge in [0.1, 0.15) is 12.4 Å². The highest BCUT2D eigenvalue weighted by Gasteiger charge is 2.39. The van der Waals surface area contributed by atoms with E-state index in [-0.39, 0.29) is 30.7 Å². The maximum atomic E-state index is 13.2. The Bertz CT molecular complexity index is 1070. The number of aryl methyl sites for hydroxylation is 1. The van der Waals surface area contributed by atoms with Crippen molar-refractivity contribution in [2.75, 3.05) is 18.1 Å². The third-order valence-corrected chi connectivity index (χ3v) is 4.71. The minimum atomic E-state index is -0.860. The number of carbonyl (C=O) groups is 1. The molecule has 4 rings (SSSR count). The molecule has 0 saturated carbocycles. The van der Waals surface area contributed by atoms with Crippen molar-refractivity contribution in [3.8, 4) is 11.5 Å². The molecule has 8 heteroatoms. The molecule has 2 heterocycles. The fraction of sp³-hybridized carbons (Fsp3) is 0.182. The Morgan fingerprint density at radius 1 is 1.10 bits per heavy atom. The van der Waals surface area contributed by atoms with Gasteiger partial charge in [0, 0.05) is 11.6 Å². The Morgan fingerprint density at radius 2 is 1.83 bits per heavy atom. The molecule has 8 nitrogen and oxygen atoms in total. The molecule has 0 spiro atoms. The molecule has 1 aliphatic rings. The van der Waals surface area contributed by atoms with Gasteiger partial charge in [-0.15, -0.1) is 0 Å². The smallest absolute Gasteiger partial charge is 0.366 e. The molecule has 30 heavy (non-hydrogen) atoms. The molecule has 0 bridgehead atoms. The van der Waals surface area contributed by atoms with Gasteiger partial charge in [-0.2, -0.15) is 0 Å². The fourth-order valence-electron chi connectivity index (χ4n) is 3.18. The molecular formula is C22H19N3O5. The molecule has 1 atom stereocenters. The first kappa shape index (κ1) is 19.4. The van der Waals surface area contributed by atoms with Crippen molar-refractivity contribution in [1.82, 2.24) is 4.98 Å². The lowest BCUT2D eigenvalue weighted by molar-refractivity contribution is -0.389. The van der Waals surface area contributed by atoms with E-state index in [1.165, 1.54) is 17.0 Å². The lowest BCUT2D eigenvalue weighted by atomic mass is 10.1. The number of amides is 1. The third-order valence-electron chi connectivity index (χ3n) is 4.71. The van der Waals surface area contributed by atoms with Gasteiger partial charge in [-0.1, -0.05) is 48.0 Å². The number of carbonyl (C=O) groups excluding carboxylic acids is 1. The van der Waals surface area contributed by atoms with Crippen LogP contribution >= 0.6 is 0 Å². The number of ether oxygens (including phenoxy) is 2. The van der Waals surface area contributed by atoms with Crippen LogP contribution in [0.5, 0.6) is 11.5 Å². The zero-order chi connectivity index (χ0) is 21.1. The molecule has 3 aromatic rings. The number of benzene rings is 2. The third kappa shape index (κ3) is 3.93. The van der Waals surface area contributed by atoms with Crippen LogP contribution in [0.25, 0.3) is 0 Å². The van der Waals surface area contributed by atoms with Crippen molar-refractivity contribution in [2.24, 2.45) is 0 Å². The lowest BCUT2D eigenvalue weighted by Crippen LogP contribution is -2.43. The number of nitro groups is 1. The first-order valence-corrected chi connectivity index (χ1v) is 9.41. The van der Waals surface area contributed by atoms with Crippen molar-refractivity contribution in [1.29, 1.82) is 0 Å². The van der Waals surface area contributed by atoms with Gasteiger partial charge in [0.2, 0.25) is 6.10 Å². The first-order valence-electron chi connectivity index (χ1n) is 9.41. The zero-order valence-electron chi connectivity index (χ0n) is 16.2. The number of hydrogen-bond donors (Lipinski definition) is 0. The number of rotatable bonds is 6. The van der Waals surface area contributed by atoms with Crippen LogP contribution in [0.3, 0.4) is 0 Å². The van der Waals surface area contributed by atoms with Gasteiger partial charge in [0.15, 0.2) is 5.75 Å². The van der Waals surface area contributed by atoms with Gasteiger partial charge >= 0.3 is 5.82 Å². The number of aromatic nitrogens is 1. The SMILES string of the molecule is Cc1ccc(OCCN2C(=O)C(c3ccccc3)Oc3ccc([N+](=O)[O-])nc32)cc1. The van der Waals surface area contributed by atoms with Crippen LogP contribution < -0.4 is 14.4 Å². The Hall–Kier alpha value is -3.94. The molecule has 0 radical (unpaired) electrons. The molecule has 1 aliphatic heterocycles. The van der Waals surface area contributed by atoms with Crippen molar-refractivity contribution in [3.63, 3.8) is 0 Å². The van der Waals surface area contributed by atoms with E-state index in [2.05, 4.69) is 4.98 Å². The normalized spacial score (nSPS) is 15.3. The second-order valence-electron chi connectivity index (χ2n) is 6.81. The minimum Gasteiger partial charge on any atom is -0.492 e.